The molecule has 2 aromatic heterocycles. The van der Waals surface area contributed by atoms with Crippen molar-refractivity contribution in [1.29, 1.82) is 0 Å². The minimum absolute atomic E-state index is 0.00872. The molecule has 0 radical (unpaired) electrons. The average molecular weight is 485 g/mol. The molecule has 0 aliphatic rings. The molecule has 1 N–H and O–H groups in total. The second-order valence-electron chi connectivity index (χ2n) is 7.87. The van der Waals surface area contributed by atoms with Crippen LogP contribution >= 0.6 is 0 Å². The van der Waals surface area contributed by atoms with Crippen molar-refractivity contribution in [3.05, 3.63) is 84.2 Å². The van der Waals surface area contributed by atoms with Crippen LogP contribution < -0.4 is 4.74 Å². The lowest BCUT2D eigenvalue weighted by Gasteiger charge is -2.08. The number of aliphatic carboxylic acids is 1. The van der Waals surface area contributed by atoms with Crippen LogP contribution in [0.1, 0.15) is 12.0 Å². The molecule has 3 aromatic carbocycles. The summed E-state index contributed by atoms with van der Waals surface area (Å²) in [7, 11) is 1.51. The van der Waals surface area contributed by atoms with Crippen molar-refractivity contribution in [3.63, 3.8) is 0 Å². The summed E-state index contributed by atoms with van der Waals surface area (Å²) in [5, 5.41) is 21.5. The first-order valence-corrected chi connectivity index (χ1v) is 11.0. The number of para-hydroxylation sites is 1. The fraction of sp³-hybridized carbons (Fsp3) is 0.115. The van der Waals surface area contributed by atoms with Gasteiger partial charge < -0.3 is 14.4 Å². The van der Waals surface area contributed by atoms with Crippen LogP contribution in [0.15, 0.2) is 77.3 Å². The zero-order chi connectivity index (χ0) is 25.1. The lowest BCUT2D eigenvalue weighted by atomic mass is 10.1. The first-order valence-electron chi connectivity index (χ1n) is 11.0. The van der Waals surface area contributed by atoms with E-state index in [0.717, 1.165) is 11.1 Å². The van der Waals surface area contributed by atoms with Gasteiger partial charge in [0.1, 0.15) is 22.9 Å². The SMILES string of the molecule is COc1cc(CCC(=O)O)ccc1-c1noc(-c2nnn(-c3ccccc3F)c2-c2ccccc2)n1. The van der Waals surface area contributed by atoms with Crippen LogP contribution in [0, 0.1) is 5.82 Å². The summed E-state index contributed by atoms with van der Waals surface area (Å²) in [6.45, 7) is 0. The molecule has 0 bridgehead atoms. The molecule has 0 saturated carbocycles. The Labute approximate surface area is 204 Å². The zero-order valence-corrected chi connectivity index (χ0v) is 19.1. The van der Waals surface area contributed by atoms with E-state index in [2.05, 4.69) is 20.5 Å². The normalized spacial score (nSPS) is 10.9. The topological polar surface area (TPSA) is 116 Å². The van der Waals surface area contributed by atoms with Gasteiger partial charge in [0.2, 0.25) is 5.82 Å². The molecular formula is C26H20FN5O4. The van der Waals surface area contributed by atoms with Crippen molar-refractivity contribution in [3.8, 4) is 45.7 Å². The molecular weight excluding hydrogens is 465 g/mol. The largest absolute Gasteiger partial charge is 0.496 e. The quantitative estimate of drug-likeness (QED) is 0.333. The zero-order valence-electron chi connectivity index (χ0n) is 19.1. The maximum absolute atomic E-state index is 14.6. The highest BCUT2D eigenvalue weighted by Crippen LogP contribution is 2.35. The van der Waals surface area contributed by atoms with Gasteiger partial charge in [-0.2, -0.15) is 4.98 Å². The number of benzene rings is 3. The Bertz CT molecular complexity index is 1530. The lowest BCUT2D eigenvalue weighted by Crippen LogP contribution is -2.02. The smallest absolute Gasteiger partial charge is 0.303 e. The Morgan fingerprint density at radius 1 is 1.08 bits per heavy atom. The molecule has 0 unspecified atom stereocenters. The predicted octanol–water partition coefficient (Wildman–Crippen LogP) is 4.82. The first kappa shape index (κ1) is 22.9. The third kappa shape index (κ3) is 4.43. The highest BCUT2D eigenvalue weighted by Gasteiger charge is 2.25. The summed E-state index contributed by atoms with van der Waals surface area (Å²) in [4.78, 5) is 15.4. The van der Waals surface area contributed by atoms with Crippen LogP contribution in [0.5, 0.6) is 5.75 Å². The third-order valence-corrected chi connectivity index (χ3v) is 5.56. The van der Waals surface area contributed by atoms with Gasteiger partial charge in [0.25, 0.3) is 5.89 Å². The van der Waals surface area contributed by atoms with E-state index in [1.165, 1.54) is 17.9 Å². The number of carboxylic acids is 1. The highest BCUT2D eigenvalue weighted by atomic mass is 19.1. The first-order chi connectivity index (χ1) is 17.5. The van der Waals surface area contributed by atoms with Crippen molar-refractivity contribution >= 4 is 5.97 Å². The molecule has 5 rings (SSSR count). The maximum atomic E-state index is 14.6. The summed E-state index contributed by atoms with van der Waals surface area (Å²) in [5.74, 6) is -0.498. The standard InChI is InChI=1S/C26H20FN5O4/c1-35-21-15-16(12-14-22(33)34)11-13-18(21)25-28-26(36-30-25)23-24(17-7-3-2-4-8-17)32(31-29-23)20-10-6-5-9-19(20)27/h2-11,13,15H,12,14H2,1H3,(H,33,34). The van der Waals surface area contributed by atoms with Gasteiger partial charge in [0.05, 0.1) is 12.7 Å². The number of rotatable bonds is 8. The van der Waals surface area contributed by atoms with Gasteiger partial charge >= 0.3 is 5.97 Å². The monoisotopic (exact) mass is 485 g/mol. The van der Waals surface area contributed by atoms with Crippen LogP contribution in [-0.2, 0) is 11.2 Å². The van der Waals surface area contributed by atoms with Gasteiger partial charge in [-0.3, -0.25) is 4.79 Å². The number of halogens is 1. The van der Waals surface area contributed by atoms with Crippen LogP contribution in [0.2, 0.25) is 0 Å². The molecule has 2 heterocycles. The molecule has 5 aromatic rings. The van der Waals surface area contributed by atoms with E-state index in [9.17, 15) is 9.18 Å². The van der Waals surface area contributed by atoms with Gasteiger partial charge in [0.15, 0.2) is 5.69 Å². The molecule has 0 spiro atoms. The minimum Gasteiger partial charge on any atom is -0.496 e. The minimum atomic E-state index is -0.876. The molecule has 180 valence electrons. The number of carboxylic acid groups (broad SMARTS) is 1. The van der Waals surface area contributed by atoms with Gasteiger partial charge in [-0.25, -0.2) is 9.07 Å². The molecule has 9 nitrogen and oxygen atoms in total. The fourth-order valence-corrected chi connectivity index (χ4v) is 3.83. The Morgan fingerprint density at radius 2 is 1.86 bits per heavy atom. The Hall–Kier alpha value is -4.86. The van der Waals surface area contributed by atoms with Crippen molar-refractivity contribution in [2.75, 3.05) is 7.11 Å². The number of hydrogen-bond acceptors (Lipinski definition) is 7. The second-order valence-corrected chi connectivity index (χ2v) is 7.87. The summed E-state index contributed by atoms with van der Waals surface area (Å²) in [6.07, 6.45) is 0.373. The molecule has 0 amide bonds. The number of aromatic nitrogens is 5. The van der Waals surface area contributed by atoms with Crippen LogP contribution in [0.25, 0.3) is 39.9 Å². The second kappa shape index (κ2) is 9.79. The van der Waals surface area contributed by atoms with Crippen molar-refractivity contribution in [2.45, 2.75) is 12.8 Å². The average Bonchev–Trinajstić information content (AvgIpc) is 3.55. The molecule has 10 heteroatoms. The number of hydrogen-bond donors (Lipinski definition) is 1. The summed E-state index contributed by atoms with van der Waals surface area (Å²) < 4.78 is 27.1. The molecule has 0 atom stereocenters. The number of nitrogens with zero attached hydrogens (tertiary/aromatic N) is 5. The Kier molecular flexibility index (Phi) is 6.23. The Balaban J connectivity index is 1.57. The van der Waals surface area contributed by atoms with Crippen molar-refractivity contribution in [2.24, 2.45) is 0 Å². The number of ether oxygens (including phenoxy) is 1. The molecule has 0 aliphatic heterocycles. The van der Waals surface area contributed by atoms with E-state index >= 15 is 0 Å². The molecule has 36 heavy (non-hydrogen) atoms. The van der Waals surface area contributed by atoms with E-state index < -0.39 is 11.8 Å². The van der Waals surface area contributed by atoms with Gasteiger partial charge in [-0.1, -0.05) is 58.9 Å². The van der Waals surface area contributed by atoms with E-state index in [1.54, 1.807) is 36.4 Å². The number of carbonyl (C=O) groups is 1. The van der Waals surface area contributed by atoms with Gasteiger partial charge in [-0.15, -0.1) is 5.10 Å². The molecule has 0 aliphatic carbocycles. The third-order valence-electron chi connectivity index (χ3n) is 5.56. The summed E-state index contributed by atoms with van der Waals surface area (Å²) in [5.41, 5.74) is 3.12. The highest BCUT2D eigenvalue weighted by molar-refractivity contribution is 5.76. The fourth-order valence-electron chi connectivity index (χ4n) is 3.83. The van der Waals surface area contributed by atoms with E-state index in [1.807, 2.05) is 30.3 Å². The molecule has 0 fully saturated rings. The maximum Gasteiger partial charge on any atom is 0.303 e. The van der Waals surface area contributed by atoms with Crippen LogP contribution in [0.4, 0.5) is 4.39 Å². The summed E-state index contributed by atoms with van der Waals surface area (Å²) in [6, 6.07) is 20.9. The van der Waals surface area contributed by atoms with Gasteiger partial charge in [-0.05, 0) is 36.2 Å². The molecule has 0 saturated heterocycles. The van der Waals surface area contributed by atoms with E-state index in [4.69, 9.17) is 14.4 Å². The predicted molar refractivity (Wildman–Crippen MR) is 128 cm³/mol. The number of aryl methyl sites for hydroxylation is 1. The van der Waals surface area contributed by atoms with E-state index in [0.29, 0.717) is 29.1 Å². The summed E-state index contributed by atoms with van der Waals surface area (Å²) >= 11 is 0. The lowest BCUT2D eigenvalue weighted by molar-refractivity contribution is -0.136. The van der Waals surface area contributed by atoms with Crippen molar-refractivity contribution in [1.82, 2.24) is 25.1 Å². The number of methoxy groups -OCH3 is 1. The van der Waals surface area contributed by atoms with Crippen molar-refractivity contribution < 1.29 is 23.6 Å². The van der Waals surface area contributed by atoms with Crippen LogP contribution in [-0.4, -0.2) is 43.3 Å². The van der Waals surface area contributed by atoms with Gasteiger partial charge in [0, 0.05) is 12.0 Å². The van der Waals surface area contributed by atoms with Crippen LogP contribution in [0.3, 0.4) is 0 Å². The Morgan fingerprint density at radius 3 is 2.61 bits per heavy atom. The van der Waals surface area contributed by atoms with E-state index in [-0.39, 0.29) is 23.8 Å².